The Kier molecular flexibility index (Phi) is 10.9. The average Bonchev–Trinajstić information content (AvgIpc) is 2.77. The van der Waals surface area contributed by atoms with E-state index in [4.69, 9.17) is 34.8 Å². The third kappa shape index (κ3) is 8.26. The summed E-state index contributed by atoms with van der Waals surface area (Å²) in [5, 5.41) is 4.10. The number of carbonyl (C=O) groups is 2. The Bertz CT molecular complexity index is 1210. The Morgan fingerprint density at radius 3 is 2.17 bits per heavy atom. The number of nitrogens with one attached hydrogen (secondary N) is 1. The van der Waals surface area contributed by atoms with Crippen molar-refractivity contribution < 1.29 is 18.0 Å². The van der Waals surface area contributed by atoms with Crippen LogP contribution in [0.4, 0.5) is 5.69 Å². The van der Waals surface area contributed by atoms with Crippen LogP contribution in [-0.4, -0.2) is 50.5 Å². The summed E-state index contributed by atoms with van der Waals surface area (Å²) in [5.41, 5.74) is 1.50. The first-order valence-electron chi connectivity index (χ1n) is 11.5. The summed E-state index contributed by atoms with van der Waals surface area (Å²) >= 11 is 18.5. The third-order valence-electron chi connectivity index (χ3n) is 5.53. The molecule has 198 valence electrons. The van der Waals surface area contributed by atoms with E-state index in [0.717, 1.165) is 10.6 Å². The molecule has 0 aliphatic rings. The maximum absolute atomic E-state index is 13.7. The quantitative estimate of drug-likeness (QED) is 0.393. The summed E-state index contributed by atoms with van der Waals surface area (Å²) in [4.78, 5) is 28.2. The molecule has 0 saturated heterocycles. The predicted octanol–water partition coefficient (Wildman–Crippen LogP) is 5.30. The van der Waals surface area contributed by atoms with Crippen LogP contribution in [0.5, 0.6) is 0 Å². The average molecular weight is 577 g/mol. The van der Waals surface area contributed by atoms with E-state index in [1.165, 1.54) is 4.90 Å². The van der Waals surface area contributed by atoms with Crippen molar-refractivity contribution in [3.05, 3.63) is 62.6 Å². The lowest BCUT2D eigenvalue weighted by molar-refractivity contribution is -0.140. The largest absolute Gasteiger partial charge is 0.354 e. The highest BCUT2D eigenvalue weighted by Gasteiger charge is 2.32. The monoisotopic (exact) mass is 575 g/mol. The van der Waals surface area contributed by atoms with Gasteiger partial charge < -0.3 is 10.2 Å². The molecule has 0 bridgehead atoms. The van der Waals surface area contributed by atoms with Crippen molar-refractivity contribution in [3.8, 4) is 0 Å². The predicted molar refractivity (Wildman–Crippen MR) is 147 cm³/mol. The standard InChI is InChI=1S/C25H32Cl3N3O4S/c1-6-22(25(33)29-13-16(2)3)30(14-18-7-8-20(27)12-21(18)28)24(32)15-31(36(5,34)35)23-10-9-19(26)11-17(23)4/h7-12,16,22H,6,13-15H2,1-5H3,(H,29,33). The second-order valence-corrected chi connectivity index (χ2v) is 12.2. The van der Waals surface area contributed by atoms with Crippen LogP contribution in [-0.2, 0) is 26.2 Å². The first-order valence-corrected chi connectivity index (χ1v) is 14.5. The van der Waals surface area contributed by atoms with Gasteiger partial charge in [0, 0.05) is 28.2 Å². The normalized spacial score (nSPS) is 12.4. The van der Waals surface area contributed by atoms with Crippen molar-refractivity contribution in [2.24, 2.45) is 5.92 Å². The fourth-order valence-corrected chi connectivity index (χ4v) is 5.27. The number of benzene rings is 2. The number of anilines is 1. The number of amides is 2. The zero-order valence-corrected chi connectivity index (χ0v) is 24.1. The van der Waals surface area contributed by atoms with Crippen molar-refractivity contribution >= 4 is 62.3 Å². The Labute approximate surface area is 228 Å². The van der Waals surface area contributed by atoms with Gasteiger partial charge in [0.2, 0.25) is 21.8 Å². The number of sulfonamides is 1. The van der Waals surface area contributed by atoms with Gasteiger partial charge in [0.25, 0.3) is 0 Å². The van der Waals surface area contributed by atoms with E-state index in [1.807, 2.05) is 13.8 Å². The van der Waals surface area contributed by atoms with Gasteiger partial charge in [-0.25, -0.2) is 8.42 Å². The van der Waals surface area contributed by atoms with E-state index < -0.39 is 28.5 Å². The van der Waals surface area contributed by atoms with Gasteiger partial charge in [-0.3, -0.25) is 13.9 Å². The second kappa shape index (κ2) is 13.0. The first-order chi connectivity index (χ1) is 16.7. The van der Waals surface area contributed by atoms with E-state index in [1.54, 1.807) is 50.2 Å². The molecule has 0 aliphatic heterocycles. The lowest BCUT2D eigenvalue weighted by Crippen LogP contribution is -2.52. The van der Waals surface area contributed by atoms with E-state index in [9.17, 15) is 18.0 Å². The van der Waals surface area contributed by atoms with Crippen molar-refractivity contribution in [1.29, 1.82) is 0 Å². The van der Waals surface area contributed by atoms with Gasteiger partial charge in [-0.1, -0.05) is 61.6 Å². The number of carbonyl (C=O) groups excluding carboxylic acids is 2. The minimum absolute atomic E-state index is 0.000354. The molecule has 0 aromatic heterocycles. The fraction of sp³-hybridized carbons (Fsp3) is 0.440. The topological polar surface area (TPSA) is 86.8 Å². The Morgan fingerprint density at radius 1 is 1.03 bits per heavy atom. The fourth-order valence-electron chi connectivity index (χ4n) is 3.67. The molecule has 2 aromatic carbocycles. The van der Waals surface area contributed by atoms with Crippen LogP contribution in [0.15, 0.2) is 36.4 Å². The van der Waals surface area contributed by atoms with Gasteiger partial charge >= 0.3 is 0 Å². The molecule has 7 nitrogen and oxygen atoms in total. The highest BCUT2D eigenvalue weighted by molar-refractivity contribution is 7.92. The smallest absolute Gasteiger partial charge is 0.244 e. The Morgan fingerprint density at radius 2 is 1.64 bits per heavy atom. The van der Waals surface area contributed by atoms with Gasteiger partial charge in [0.05, 0.1) is 11.9 Å². The van der Waals surface area contributed by atoms with Gasteiger partial charge in [-0.05, 0) is 60.7 Å². The molecule has 2 aromatic rings. The molecular formula is C25H32Cl3N3O4S. The molecule has 0 fully saturated rings. The number of halogens is 3. The summed E-state index contributed by atoms with van der Waals surface area (Å²) in [5.74, 6) is -0.652. The lowest BCUT2D eigenvalue weighted by atomic mass is 10.1. The molecule has 2 rings (SSSR count). The van der Waals surface area contributed by atoms with Gasteiger partial charge in [-0.2, -0.15) is 0 Å². The van der Waals surface area contributed by atoms with Crippen molar-refractivity contribution in [2.75, 3.05) is 23.7 Å². The Balaban J connectivity index is 2.49. The number of hydrogen-bond donors (Lipinski definition) is 1. The first kappa shape index (κ1) is 30.2. The summed E-state index contributed by atoms with van der Waals surface area (Å²) in [7, 11) is -3.84. The van der Waals surface area contributed by atoms with Gasteiger partial charge in [0.1, 0.15) is 12.6 Å². The molecule has 0 aliphatic carbocycles. The number of nitrogens with zero attached hydrogens (tertiary/aromatic N) is 2. The third-order valence-corrected chi connectivity index (χ3v) is 7.48. The summed E-state index contributed by atoms with van der Waals surface area (Å²) < 4.78 is 26.5. The lowest BCUT2D eigenvalue weighted by Gasteiger charge is -2.33. The summed E-state index contributed by atoms with van der Waals surface area (Å²) in [6.45, 7) is 7.38. The van der Waals surface area contributed by atoms with Crippen LogP contribution < -0.4 is 9.62 Å². The van der Waals surface area contributed by atoms with Crippen molar-refractivity contribution in [1.82, 2.24) is 10.2 Å². The molecule has 0 heterocycles. The molecule has 1 unspecified atom stereocenters. The zero-order valence-electron chi connectivity index (χ0n) is 21.0. The van der Waals surface area contributed by atoms with Crippen LogP contribution in [0.1, 0.15) is 38.3 Å². The minimum Gasteiger partial charge on any atom is -0.354 e. The highest BCUT2D eigenvalue weighted by Crippen LogP contribution is 2.27. The van der Waals surface area contributed by atoms with Crippen molar-refractivity contribution in [2.45, 2.75) is 46.7 Å². The van der Waals surface area contributed by atoms with E-state index in [0.29, 0.717) is 44.8 Å². The molecule has 1 N–H and O–H groups in total. The van der Waals surface area contributed by atoms with E-state index >= 15 is 0 Å². The number of hydrogen-bond acceptors (Lipinski definition) is 4. The molecule has 11 heteroatoms. The zero-order chi connectivity index (χ0) is 27.2. The highest BCUT2D eigenvalue weighted by atomic mass is 35.5. The second-order valence-electron chi connectivity index (χ2n) is 9.02. The number of aryl methyl sites for hydroxylation is 1. The molecule has 0 radical (unpaired) electrons. The van der Waals surface area contributed by atoms with Crippen LogP contribution >= 0.6 is 34.8 Å². The molecule has 36 heavy (non-hydrogen) atoms. The molecule has 0 spiro atoms. The SMILES string of the molecule is CCC(C(=O)NCC(C)C)N(Cc1ccc(Cl)cc1Cl)C(=O)CN(c1ccc(Cl)cc1C)S(C)(=O)=O. The van der Waals surface area contributed by atoms with E-state index in [2.05, 4.69) is 5.32 Å². The maximum atomic E-state index is 13.7. The minimum atomic E-state index is -3.84. The van der Waals surface area contributed by atoms with Gasteiger partial charge in [0.15, 0.2) is 0 Å². The molecule has 1 atom stereocenters. The summed E-state index contributed by atoms with van der Waals surface area (Å²) in [6.07, 6.45) is 1.35. The number of rotatable bonds is 11. The molecule has 0 saturated carbocycles. The van der Waals surface area contributed by atoms with Crippen LogP contribution in [0.25, 0.3) is 0 Å². The van der Waals surface area contributed by atoms with Crippen LogP contribution in [0, 0.1) is 12.8 Å². The Hall–Kier alpha value is -2.00. The van der Waals surface area contributed by atoms with Crippen LogP contribution in [0.3, 0.4) is 0 Å². The maximum Gasteiger partial charge on any atom is 0.244 e. The van der Waals surface area contributed by atoms with E-state index in [-0.39, 0.29) is 18.4 Å². The van der Waals surface area contributed by atoms with Crippen LogP contribution in [0.2, 0.25) is 15.1 Å². The summed E-state index contributed by atoms with van der Waals surface area (Å²) in [6, 6.07) is 8.79. The molecular weight excluding hydrogens is 545 g/mol. The molecule has 2 amide bonds. The van der Waals surface area contributed by atoms with Crippen molar-refractivity contribution in [3.63, 3.8) is 0 Å². The van der Waals surface area contributed by atoms with Gasteiger partial charge in [-0.15, -0.1) is 0 Å².